The third-order valence-electron chi connectivity index (χ3n) is 4.35. The van der Waals surface area contributed by atoms with E-state index in [4.69, 9.17) is 4.74 Å². The maximum absolute atomic E-state index is 12.0. The number of rotatable bonds is 5. The first kappa shape index (κ1) is 17.2. The molecule has 0 aliphatic carbocycles. The molecular weight excluding hydrogens is 316 g/mol. The maximum atomic E-state index is 12.0. The van der Waals surface area contributed by atoms with E-state index >= 15 is 0 Å². The molecule has 6 heteroatoms. The van der Waals surface area contributed by atoms with Gasteiger partial charge in [-0.15, -0.1) is 10.2 Å². The predicted molar refractivity (Wildman–Crippen MR) is 96.9 cm³/mol. The number of aromatic nitrogens is 2. The Kier molecular flexibility index (Phi) is 5.16. The van der Waals surface area contributed by atoms with Gasteiger partial charge in [0.1, 0.15) is 5.75 Å². The van der Waals surface area contributed by atoms with E-state index in [0.29, 0.717) is 5.69 Å². The van der Waals surface area contributed by atoms with Crippen LogP contribution in [0.2, 0.25) is 0 Å². The SMILES string of the molecule is COc1ccc([C@@H]2CCCN2c2ccc(C(=O)NC(C)C)nn2)cc1. The number of benzene rings is 1. The Bertz CT molecular complexity index is 713. The van der Waals surface area contributed by atoms with E-state index in [0.717, 1.165) is 31.0 Å². The van der Waals surface area contributed by atoms with Gasteiger partial charge in [0.25, 0.3) is 5.91 Å². The molecule has 1 aromatic carbocycles. The van der Waals surface area contributed by atoms with Gasteiger partial charge in [0.2, 0.25) is 0 Å². The smallest absolute Gasteiger partial charge is 0.271 e. The van der Waals surface area contributed by atoms with E-state index < -0.39 is 0 Å². The Hall–Kier alpha value is -2.63. The molecule has 0 radical (unpaired) electrons. The first-order valence-corrected chi connectivity index (χ1v) is 8.63. The lowest BCUT2D eigenvalue weighted by Gasteiger charge is -2.25. The summed E-state index contributed by atoms with van der Waals surface area (Å²) in [5.74, 6) is 1.47. The van der Waals surface area contributed by atoms with Crippen LogP contribution in [0.15, 0.2) is 36.4 Å². The van der Waals surface area contributed by atoms with Gasteiger partial charge in [-0.2, -0.15) is 0 Å². The molecule has 2 aromatic rings. The first-order chi connectivity index (χ1) is 12.1. The van der Waals surface area contributed by atoms with E-state index in [1.165, 1.54) is 5.56 Å². The van der Waals surface area contributed by atoms with Crippen LogP contribution in [0.5, 0.6) is 5.75 Å². The molecule has 1 N–H and O–H groups in total. The fourth-order valence-corrected chi connectivity index (χ4v) is 3.15. The lowest BCUT2D eigenvalue weighted by molar-refractivity contribution is 0.0937. The minimum atomic E-state index is -0.192. The third kappa shape index (κ3) is 3.90. The van der Waals surface area contributed by atoms with Crippen molar-refractivity contribution in [2.75, 3.05) is 18.6 Å². The van der Waals surface area contributed by atoms with Crippen molar-refractivity contribution in [1.82, 2.24) is 15.5 Å². The summed E-state index contributed by atoms with van der Waals surface area (Å²) in [6.45, 7) is 4.77. The molecule has 1 aromatic heterocycles. The second kappa shape index (κ2) is 7.51. The third-order valence-corrected chi connectivity index (χ3v) is 4.35. The van der Waals surface area contributed by atoms with E-state index in [-0.39, 0.29) is 18.0 Å². The van der Waals surface area contributed by atoms with Gasteiger partial charge in [-0.25, -0.2) is 0 Å². The van der Waals surface area contributed by atoms with Crippen molar-refractivity contribution in [2.24, 2.45) is 0 Å². The average molecular weight is 340 g/mol. The molecule has 1 atom stereocenters. The number of carbonyl (C=O) groups is 1. The number of nitrogens with one attached hydrogen (secondary N) is 1. The Labute approximate surface area is 148 Å². The van der Waals surface area contributed by atoms with E-state index in [1.807, 2.05) is 32.0 Å². The van der Waals surface area contributed by atoms with E-state index in [9.17, 15) is 4.79 Å². The molecule has 6 nitrogen and oxygen atoms in total. The number of nitrogens with zero attached hydrogens (tertiary/aromatic N) is 3. The van der Waals surface area contributed by atoms with Crippen LogP contribution in [0.4, 0.5) is 5.82 Å². The molecule has 0 spiro atoms. The molecule has 3 rings (SSSR count). The lowest BCUT2D eigenvalue weighted by atomic mass is 10.0. The number of methoxy groups -OCH3 is 1. The van der Waals surface area contributed by atoms with Gasteiger partial charge in [-0.3, -0.25) is 4.79 Å². The van der Waals surface area contributed by atoms with Gasteiger partial charge in [-0.05, 0) is 56.5 Å². The molecule has 0 unspecified atom stereocenters. The maximum Gasteiger partial charge on any atom is 0.271 e. The van der Waals surface area contributed by atoms with Gasteiger partial charge in [-0.1, -0.05) is 12.1 Å². The van der Waals surface area contributed by atoms with Crippen LogP contribution in [0.1, 0.15) is 48.8 Å². The summed E-state index contributed by atoms with van der Waals surface area (Å²) in [7, 11) is 1.67. The Balaban J connectivity index is 1.76. The summed E-state index contributed by atoms with van der Waals surface area (Å²) in [5, 5.41) is 11.2. The van der Waals surface area contributed by atoms with Crippen LogP contribution < -0.4 is 15.0 Å². The Morgan fingerprint density at radius 3 is 2.56 bits per heavy atom. The highest BCUT2D eigenvalue weighted by Crippen LogP contribution is 2.35. The monoisotopic (exact) mass is 340 g/mol. The first-order valence-electron chi connectivity index (χ1n) is 8.63. The number of hydrogen-bond acceptors (Lipinski definition) is 5. The second-order valence-electron chi connectivity index (χ2n) is 6.53. The Morgan fingerprint density at radius 1 is 1.20 bits per heavy atom. The summed E-state index contributed by atoms with van der Waals surface area (Å²) in [6.07, 6.45) is 2.18. The zero-order chi connectivity index (χ0) is 17.8. The minimum Gasteiger partial charge on any atom is -0.497 e. The fraction of sp³-hybridized carbons (Fsp3) is 0.421. The van der Waals surface area contributed by atoms with Crippen molar-refractivity contribution >= 4 is 11.7 Å². The topological polar surface area (TPSA) is 67.3 Å². The van der Waals surface area contributed by atoms with Crippen molar-refractivity contribution in [3.05, 3.63) is 47.7 Å². The fourth-order valence-electron chi connectivity index (χ4n) is 3.15. The molecule has 1 saturated heterocycles. The van der Waals surface area contributed by atoms with Crippen LogP contribution in [0, 0.1) is 0 Å². The van der Waals surface area contributed by atoms with Gasteiger partial charge in [0, 0.05) is 12.6 Å². The van der Waals surface area contributed by atoms with Crippen molar-refractivity contribution < 1.29 is 9.53 Å². The molecule has 25 heavy (non-hydrogen) atoms. The zero-order valence-corrected chi connectivity index (χ0v) is 14.9. The molecule has 2 heterocycles. The summed E-state index contributed by atoms with van der Waals surface area (Å²) >= 11 is 0. The van der Waals surface area contributed by atoms with Gasteiger partial charge in [0.15, 0.2) is 11.5 Å². The molecule has 1 fully saturated rings. The highest BCUT2D eigenvalue weighted by molar-refractivity contribution is 5.92. The van der Waals surface area contributed by atoms with Crippen LogP contribution in [0.25, 0.3) is 0 Å². The number of hydrogen-bond donors (Lipinski definition) is 1. The molecule has 1 aliphatic rings. The van der Waals surface area contributed by atoms with E-state index in [2.05, 4.69) is 32.5 Å². The van der Waals surface area contributed by atoms with Crippen LogP contribution in [-0.4, -0.2) is 35.8 Å². The molecule has 1 amide bonds. The summed E-state index contributed by atoms with van der Waals surface area (Å²) < 4.78 is 5.23. The zero-order valence-electron chi connectivity index (χ0n) is 14.9. The normalized spacial score (nSPS) is 17.0. The van der Waals surface area contributed by atoms with Gasteiger partial charge < -0.3 is 15.0 Å². The highest BCUT2D eigenvalue weighted by Gasteiger charge is 2.27. The van der Waals surface area contributed by atoms with Crippen molar-refractivity contribution in [2.45, 2.75) is 38.8 Å². The van der Waals surface area contributed by atoms with Crippen LogP contribution in [-0.2, 0) is 0 Å². The molecule has 0 saturated carbocycles. The number of anilines is 1. The average Bonchev–Trinajstić information content (AvgIpc) is 3.11. The summed E-state index contributed by atoms with van der Waals surface area (Å²) in [6, 6.07) is 12.1. The van der Waals surface area contributed by atoms with Gasteiger partial charge >= 0.3 is 0 Å². The minimum absolute atomic E-state index is 0.0759. The van der Waals surface area contributed by atoms with Crippen LogP contribution in [0.3, 0.4) is 0 Å². The molecule has 1 aliphatic heterocycles. The van der Waals surface area contributed by atoms with Crippen molar-refractivity contribution in [3.63, 3.8) is 0 Å². The van der Waals surface area contributed by atoms with E-state index in [1.54, 1.807) is 13.2 Å². The number of ether oxygens (including phenoxy) is 1. The predicted octanol–water partition coefficient (Wildman–Crippen LogP) is 2.96. The molecule has 132 valence electrons. The second-order valence-corrected chi connectivity index (χ2v) is 6.53. The standard InChI is InChI=1S/C19H24N4O2/c1-13(2)20-19(24)16-10-11-18(22-21-16)23-12-4-5-17(23)14-6-8-15(25-3)9-7-14/h6-11,13,17H,4-5,12H2,1-3H3,(H,20,24)/t17-/m0/s1. The number of carbonyl (C=O) groups excluding carboxylic acids is 1. The highest BCUT2D eigenvalue weighted by atomic mass is 16.5. The molecule has 0 bridgehead atoms. The van der Waals surface area contributed by atoms with Crippen molar-refractivity contribution in [3.8, 4) is 5.75 Å². The largest absolute Gasteiger partial charge is 0.497 e. The lowest BCUT2D eigenvalue weighted by Crippen LogP contribution is -2.31. The van der Waals surface area contributed by atoms with Crippen molar-refractivity contribution in [1.29, 1.82) is 0 Å². The summed E-state index contributed by atoms with van der Waals surface area (Å²) in [5.41, 5.74) is 1.58. The Morgan fingerprint density at radius 2 is 1.96 bits per heavy atom. The summed E-state index contributed by atoms with van der Waals surface area (Å²) in [4.78, 5) is 14.2. The quantitative estimate of drug-likeness (QED) is 0.906. The van der Waals surface area contributed by atoms with Crippen LogP contribution >= 0.6 is 0 Å². The molecular formula is C19H24N4O2. The number of amides is 1. The van der Waals surface area contributed by atoms with Gasteiger partial charge in [0.05, 0.1) is 13.2 Å².